The maximum Gasteiger partial charge on any atom is 0.0264 e. The first-order valence-corrected chi connectivity index (χ1v) is 8.36. The Morgan fingerprint density at radius 3 is 2.56 bits per heavy atom. The van der Waals surface area contributed by atoms with Gasteiger partial charge in [-0.1, -0.05) is 19.3 Å². The lowest BCUT2D eigenvalue weighted by Gasteiger charge is -2.59. The average Bonchev–Trinajstić information content (AvgIpc) is 2.88. The van der Waals surface area contributed by atoms with Crippen LogP contribution >= 0.6 is 0 Å². The van der Waals surface area contributed by atoms with Crippen LogP contribution in [0.25, 0.3) is 0 Å². The van der Waals surface area contributed by atoms with Crippen LogP contribution in [-0.2, 0) is 0 Å². The van der Waals surface area contributed by atoms with E-state index in [1.807, 2.05) is 0 Å². The largest absolute Gasteiger partial charge is 0.315 e. The van der Waals surface area contributed by atoms with Crippen molar-refractivity contribution in [3.63, 3.8) is 0 Å². The van der Waals surface area contributed by atoms with E-state index < -0.39 is 0 Å². The molecule has 4 fully saturated rings. The Balaban J connectivity index is 1.52. The van der Waals surface area contributed by atoms with Gasteiger partial charge in [0.25, 0.3) is 0 Å². The van der Waals surface area contributed by atoms with Crippen LogP contribution in [0, 0.1) is 11.3 Å². The number of hydrogen-bond donors (Lipinski definition) is 1. The second-order valence-corrected chi connectivity index (χ2v) is 7.34. The van der Waals surface area contributed by atoms with Gasteiger partial charge in [0.1, 0.15) is 0 Å². The van der Waals surface area contributed by atoms with E-state index >= 15 is 0 Å². The molecule has 0 radical (unpaired) electrons. The Hall–Kier alpha value is -0.0800. The third kappa shape index (κ3) is 1.68. The molecule has 1 spiro atoms. The lowest BCUT2D eigenvalue weighted by atomic mass is 9.56. The zero-order valence-corrected chi connectivity index (χ0v) is 11.7. The predicted octanol–water partition coefficient (Wildman–Crippen LogP) is 2.78. The summed E-state index contributed by atoms with van der Waals surface area (Å²) in [6.07, 6.45) is 13.6. The third-order valence-corrected chi connectivity index (χ3v) is 6.59. The van der Waals surface area contributed by atoms with Crippen LogP contribution in [-0.4, -0.2) is 36.6 Å². The summed E-state index contributed by atoms with van der Waals surface area (Å²) < 4.78 is 0. The number of hydrogen-bond acceptors (Lipinski definition) is 2. The molecule has 0 aromatic rings. The van der Waals surface area contributed by atoms with Gasteiger partial charge in [-0.05, 0) is 62.9 Å². The Morgan fingerprint density at radius 1 is 0.889 bits per heavy atom. The molecule has 2 aliphatic heterocycles. The minimum absolute atomic E-state index is 0.767. The van der Waals surface area contributed by atoms with Crippen molar-refractivity contribution in [1.29, 1.82) is 0 Å². The maximum atomic E-state index is 3.65. The fraction of sp³-hybridized carbons (Fsp3) is 1.00. The maximum absolute atomic E-state index is 3.65. The highest BCUT2D eigenvalue weighted by molar-refractivity contribution is 5.06. The smallest absolute Gasteiger partial charge is 0.0264 e. The van der Waals surface area contributed by atoms with Gasteiger partial charge in [0.05, 0.1) is 0 Å². The minimum atomic E-state index is 0.767. The average molecular weight is 248 g/mol. The summed E-state index contributed by atoms with van der Waals surface area (Å²) in [7, 11) is 0. The molecule has 18 heavy (non-hydrogen) atoms. The summed E-state index contributed by atoms with van der Waals surface area (Å²) in [5.41, 5.74) is 0.767. The highest BCUT2D eigenvalue weighted by atomic mass is 15.3. The normalized spacial score (nSPS) is 43.7. The third-order valence-electron chi connectivity index (χ3n) is 6.59. The van der Waals surface area contributed by atoms with E-state index in [-0.39, 0.29) is 0 Å². The molecule has 4 aliphatic rings. The van der Waals surface area contributed by atoms with Crippen LogP contribution in [0.1, 0.15) is 57.8 Å². The monoisotopic (exact) mass is 248 g/mol. The van der Waals surface area contributed by atoms with E-state index in [0.717, 1.165) is 23.4 Å². The van der Waals surface area contributed by atoms with Crippen molar-refractivity contribution in [3.8, 4) is 0 Å². The van der Waals surface area contributed by atoms with Gasteiger partial charge >= 0.3 is 0 Å². The Bertz CT molecular complexity index is 308. The fourth-order valence-electron chi connectivity index (χ4n) is 5.53. The summed E-state index contributed by atoms with van der Waals surface area (Å²) in [5, 5.41) is 3.65. The highest BCUT2D eigenvalue weighted by Gasteiger charge is 2.52. The van der Waals surface area contributed by atoms with Crippen LogP contribution in [0.4, 0.5) is 0 Å². The number of nitrogens with one attached hydrogen (secondary N) is 1. The van der Waals surface area contributed by atoms with Gasteiger partial charge < -0.3 is 5.32 Å². The first-order chi connectivity index (χ1) is 8.89. The van der Waals surface area contributed by atoms with Gasteiger partial charge in [-0.3, -0.25) is 4.90 Å². The molecular formula is C16H28N2. The van der Waals surface area contributed by atoms with Crippen molar-refractivity contribution in [2.45, 2.75) is 69.9 Å². The molecule has 2 heteroatoms. The first kappa shape index (κ1) is 11.7. The quantitative estimate of drug-likeness (QED) is 0.767. The molecule has 2 saturated heterocycles. The zero-order chi connectivity index (χ0) is 12.0. The molecule has 3 unspecified atom stereocenters. The van der Waals surface area contributed by atoms with Crippen LogP contribution < -0.4 is 5.32 Å². The van der Waals surface area contributed by atoms with Gasteiger partial charge in [-0.2, -0.15) is 0 Å². The van der Waals surface area contributed by atoms with E-state index in [2.05, 4.69) is 10.2 Å². The predicted molar refractivity (Wildman–Crippen MR) is 74.6 cm³/mol. The number of piperidine rings is 1. The van der Waals surface area contributed by atoms with Crippen LogP contribution in [0.2, 0.25) is 0 Å². The standard InChI is InChI=1S/C16H28N2/c1-2-7-16(8-3-1)9-6-15(16)18-10-4-5-13-11-17-12-14(13)18/h13-15,17H,1-12H2. The summed E-state index contributed by atoms with van der Waals surface area (Å²) >= 11 is 0. The topological polar surface area (TPSA) is 15.3 Å². The molecule has 4 rings (SSSR count). The van der Waals surface area contributed by atoms with E-state index in [9.17, 15) is 0 Å². The van der Waals surface area contributed by atoms with Crippen LogP contribution in [0.3, 0.4) is 0 Å². The molecule has 2 aliphatic carbocycles. The lowest BCUT2D eigenvalue weighted by Crippen LogP contribution is -2.61. The number of fused-ring (bicyclic) bond motifs is 1. The Morgan fingerprint density at radius 2 is 1.78 bits per heavy atom. The van der Waals surface area contributed by atoms with Gasteiger partial charge in [0, 0.05) is 18.6 Å². The summed E-state index contributed by atoms with van der Waals surface area (Å²) in [6, 6.07) is 1.85. The molecule has 0 amide bonds. The second kappa shape index (κ2) is 4.49. The molecule has 0 aromatic carbocycles. The number of likely N-dealkylation sites (tertiary alicyclic amines) is 1. The van der Waals surface area contributed by atoms with Gasteiger partial charge in [-0.15, -0.1) is 0 Å². The van der Waals surface area contributed by atoms with E-state index in [1.165, 1.54) is 58.2 Å². The van der Waals surface area contributed by atoms with Gasteiger partial charge in [-0.25, -0.2) is 0 Å². The van der Waals surface area contributed by atoms with Crippen molar-refractivity contribution in [2.24, 2.45) is 11.3 Å². The molecule has 2 nitrogen and oxygen atoms in total. The zero-order valence-electron chi connectivity index (χ0n) is 11.7. The summed E-state index contributed by atoms with van der Waals surface area (Å²) in [4.78, 5) is 2.96. The molecule has 102 valence electrons. The van der Waals surface area contributed by atoms with Crippen molar-refractivity contribution in [1.82, 2.24) is 10.2 Å². The van der Waals surface area contributed by atoms with E-state index in [0.29, 0.717) is 0 Å². The number of nitrogens with zero attached hydrogens (tertiary/aromatic N) is 1. The van der Waals surface area contributed by atoms with Crippen molar-refractivity contribution in [3.05, 3.63) is 0 Å². The van der Waals surface area contributed by atoms with E-state index in [4.69, 9.17) is 0 Å². The summed E-state index contributed by atoms with van der Waals surface area (Å²) in [6.45, 7) is 3.97. The molecule has 0 aromatic heterocycles. The minimum Gasteiger partial charge on any atom is -0.315 e. The fourth-order valence-corrected chi connectivity index (χ4v) is 5.53. The van der Waals surface area contributed by atoms with Crippen molar-refractivity contribution in [2.75, 3.05) is 19.6 Å². The molecule has 2 saturated carbocycles. The van der Waals surface area contributed by atoms with Crippen LogP contribution in [0.15, 0.2) is 0 Å². The molecule has 3 atom stereocenters. The van der Waals surface area contributed by atoms with Gasteiger partial charge in [0.2, 0.25) is 0 Å². The molecule has 0 bridgehead atoms. The molecular weight excluding hydrogens is 220 g/mol. The van der Waals surface area contributed by atoms with E-state index in [1.54, 1.807) is 19.3 Å². The summed E-state index contributed by atoms with van der Waals surface area (Å²) in [5.74, 6) is 0.972. The lowest BCUT2D eigenvalue weighted by molar-refractivity contribution is -0.0843. The van der Waals surface area contributed by atoms with Gasteiger partial charge in [0.15, 0.2) is 0 Å². The second-order valence-electron chi connectivity index (χ2n) is 7.34. The Labute approximate surface area is 111 Å². The SMILES string of the molecule is C1CCC2(CC1)CCC2N1CCCC2CNCC21. The first-order valence-electron chi connectivity index (χ1n) is 8.36. The van der Waals surface area contributed by atoms with Crippen LogP contribution in [0.5, 0.6) is 0 Å². The molecule has 1 N–H and O–H groups in total. The number of rotatable bonds is 1. The molecule has 2 heterocycles. The Kier molecular flexibility index (Phi) is 2.92. The van der Waals surface area contributed by atoms with Crippen molar-refractivity contribution >= 4 is 0 Å². The highest BCUT2D eigenvalue weighted by Crippen LogP contribution is 2.55. The van der Waals surface area contributed by atoms with Crippen molar-refractivity contribution < 1.29 is 0 Å².